The summed E-state index contributed by atoms with van der Waals surface area (Å²) in [6.45, 7) is 11.4. The summed E-state index contributed by atoms with van der Waals surface area (Å²) in [5.41, 5.74) is -0.990. The third-order valence-corrected chi connectivity index (χ3v) is 7.87. The quantitative estimate of drug-likeness (QED) is 0.186. The van der Waals surface area contributed by atoms with Crippen molar-refractivity contribution in [2.45, 2.75) is 88.9 Å². The molecule has 0 aromatic carbocycles. The van der Waals surface area contributed by atoms with Crippen molar-refractivity contribution in [1.82, 2.24) is 9.80 Å². The second-order valence-corrected chi connectivity index (χ2v) is 10.3. The average Bonchev–Trinajstić information content (AvgIpc) is 3.51. The van der Waals surface area contributed by atoms with Gasteiger partial charge in [-0.05, 0) is 38.5 Å². The molecular weight excluding hydrogens is 460 g/mol. The van der Waals surface area contributed by atoms with Crippen molar-refractivity contribution >= 4 is 17.8 Å². The lowest BCUT2D eigenvalue weighted by atomic mass is 9.70. The number of unbranched alkanes of at least 4 members (excludes halogenated alkanes) is 5. The first-order chi connectivity index (χ1) is 17.5. The third-order valence-electron chi connectivity index (χ3n) is 7.87. The molecule has 3 fully saturated rings. The largest absolute Gasteiger partial charge is 0.465 e. The highest BCUT2D eigenvalue weighted by Gasteiger charge is 2.74. The lowest BCUT2D eigenvalue weighted by Crippen LogP contribution is -2.56. The first-order valence-corrected chi connectivity index (χ1v) is 13.7. The van der Waals surface area contributed by atoms with Crippen LogP contribution in [0.15, 0.2) is 25.3 Å². The van der Waals surface area contributed by atoms with E-state index in [-0.39, 0.29) is 25.0 Å². The summed E-state index contributed by atoms with van der Waals surface area (Å²) in [5.74, 6) is -2.07. The summed E-state index contributed by atoms with van der Waals surface area (Å²) in [6, 6.07) is -0.745. The monoisotopic (exact) mass is 504 g/mol. The highest BCUT2D eigenvalue weighted by Crippen LogP contribution is 2.58. The number of hydrogen-bond acceptors (Lipinski definition) is 6. The molecule has 3 saturated heterocycles. The Morgan fingerprint density at radius 3 is 2.67 bits per heavy atom. The van der Waals surface area contributed by atoms with Crippen molar-refractivity contribution in [3.8, 4) is 0 Å². The Kier molecular flexibility index (Phi) is 10.5. The SMILES string of the molecule is C=CCCOC(=O)[C@@H]1[C@H]2C(=O)N(CCCCCCO)C(C(=O)N(CC=C)CCCCC)C23CC[C@H]1O3. The maximum absolute atomic E-state index is 14.1. The minimum atomic E-state index is -0.990. The Bertz CT molecular complexity index is 801. The van der Waals surface area contributed by atoms with E-state index in [1.807, 2.05) is 0 Å². The van der Waals surface area contributed by atoms with Crippen LogP contribution in [0, 0.1) is 11.8 Å². The summed E-state index contributed by atoms with van der Waals surface area (Å²) >= 11 is 0. The van der Waals surface area contributed by atoms with E-state index in [1.165, 1.54) is 0 Å². The molecule has 0 aromatic heterocycles. The van der Waals surface area contributed by atoms with Crippen molar-refractivity contribution < 1.29 is 29.0 Å². The van der Waals surface area contributed by atoms with Gasteiger partial charge >= 0.3 is 5.97 Å². The van der Waals surface area contributed by atoms with Gasteiger partial charge in [-0.25, -0.2) is 0 Å². The van der Waals surface area contributed by atoms with Gasteiger partial charge in [0.1, 0.15) is 11.6 Å². The van der Waals surface area contributed by atoms with Gasteiger partial charge in [0, 0.05) is 26.2 Å². The van der Waals surface area contributed by atoms with Gasteiger partial charge in [0.15, 0.2) is 0 Å². The number of carbonyl (C=O) groups is 3. The van der Waals surface area contributed by atoms with Gasteiger partial charge in [0.25, 0.3) is 0 Å². The van der Waals surface area contributed by atoms with Crippen molar-refractivity contribution in [2.75, 3.05) is 32.8 Å². The molecule has 8 nitrogen and oxygen atoms in total. The van der Waals surface area contributed by atoms with Crippen LogP contribution in [-0.4, -0.2) is 83.3 Å². The Morgan fingerprint density at radius 2 is 1.97 bits per heavy atom. The fraction of sp³-hybridized carbons (Fsp3) is 0.750. The molecule has 2 amide bonds. The smallest absolute Gasteiger partial charge is 0.312 e. The number of amides is 2. The van der Waals surface area contributed by atoms with Gasteiger partial charge in [0.05, 0.1) is 24.5 Å². The highest BCUT2D eigenvalue weighted by molar-refractivity contribution is 5.98. The first-order valence-electron chi connectivity index (χ1n) is 13.7. The number of carbonyl (C=O) groups excluding carboxylic acids is 3. The second-order valence-electron chi connectivity index (χ2n) is 10.3. The number of rotatable bonds is 17. The van der Waals surface area contributed by atoms with Gasteiger partial charge in [-0.1, -0.05) is 44.8 Å². The van der Waals surface area contributed by atoms with E-state index in [2.05, 4.69) is 20.1 Å². The number of esters is 1. The molecule has 2 bridgehead atoms. The number of aliphatic hydroxyl groups is 1. The van der Waals surface area contributed by atoms with E-state index in [0.717, 1.165) is 44.9 Å². The Balaban J connectivity index is 1.87. The minimum absolute atomic E-state index is 0.112. The van der Waals surface area contributed by atoms with E-state index >= 15 is 0 Å². The van der Waals surface area contributed by atoms with E-state index in [0.29, 0.717) is 38.9 Å². The summed E-state index contributed by atoms with van der Waals surface area (Å²) < 4.78 is 12.0. The van der Waals surface area contributed by atoms with Gasteiger partial charge < -0.3 is 24.4 Å². The fourth-order valence-electron chi connectivity index (χ4n) is 6.20. The van der Waals surface area contributed by atoms with Gasteiger partial charge in [0.2, 0.25) is 11.8 Å². The summed E-state index contributed by atoms with van der Waals surface area (Å²) in [7, 11) is 0. The summed E-state index contributed by atoms with van der Waals surface area (Å²) in [5, 5.41) is 9.08. The predicted molar refractivity (Wildman–Crippen MR) is 137 cm³/mol. The Hall–Kier alpha value is -2.19. The number of likely N-dealkylation sites (tertiary alicyclic amines) is 1. The average molecular weight is 505 g/mol. The number of fused-ring (bicyclic) bond motifs is 1. The summed E-state index contributed by atoms with van der Waals surface area (Å²) in [6.07, 6.45) is 10.9. The molecule has 5 atom stereocenters. The molecule has 0 aromatic rings. The van der Waals surface area contributed by atoms with Crippen LogP contribution in [0.1, 0.15) is 71.1 Å². The Morgan fingerprint density at radius 1 is 1.19 bits per heavy atom. The normalized spacial score (nSPS) is 28.3. The van der Waals surface area contributed by atoms with Gasteiger partial charge in [-0.2, -0.15) is 0 Å². The molecule has 1 spiro atoms. The van der Waals surface area contributed by atoms with Gasteiger partial charge in [-0.15, -0.1) is 13.2 Å². The standard InChI is InChI=1S/C28H44N2O6/c1-4-7-11-17-29(16-6-3)26(33)24-28-15-14-21(36-28)22(27(34)35-20-8-5-2)23(28)25(32)30(24)18-12-9-10-13-19-31/h5-6,21-24,31H,2-4,7-20H2,1H3/t21-,22+,23+,24?,28?/m1/s1. The molecular formula is C28H44N2O6. The van der Waals surface area contributed by atoms with Crippen LogP contribution < -0.4 is 0 Å². The molecule has 3 rings (SSSR count). The Labute approximate surface area is 215 Å². The van der Waals surface area contributed by atoms with E-state index in [9.17, 15) is 14.4 Å². The third kappa shape index (κ3) is 5.70. The fourth-order valence-corrected chi connectivity index (χ4v) is 6.20. The highest BCUT2D eigenvalue weighted by atomic mass is 16.6. The molecule has 3 aliphatic heterocycles. The minimum Gasteiger partial charge on any atom is -0.465 e. The molecule has 1 N–H and O–H groups in total. The van der Waals surface area contributed by atoms with Crippen molar-refractivity contribution in [2.24, 2.45) is 11.8 Å². The molecule has 202 valence electrons. The molecule has 0 aliphatic carbocycles. The van der Waals surface area contributed by atoms with E-state index in [1.54, 1.807) is 22.0 Å². The molecule has 3 aliphatic rings. The number of aliphatic hydroxyl groups excluding tert-OH is 1. The van der Waals surface area contributed by atoms with Gasteiger partial charge in [-0.3, -0.25) is 14.4 Å². The molecule has 3 heterocycles. The second kappa shape index (κ2) is 13.4. The number of ether oxygens (including phenoxy) is 2. The van der Waals surface area contributed by atoms with Crippen LogP contribution >= 0.6 is 0 Å². The van der Waals surface area contributed by atoms with Crippen LogP contribution in [0.4, 0.5) is 0 Å². The zero-order chi connectivity index (χ0) is 26.1. The van der Waals surface area contributed by atoms with Crippen LogP contribution in [0.5, 0.6) is 0 Å². The molecule has 36 heavy (non-hydrogen) atoms. The maximum atomic E-state index is 14.1. The van der Waals surface area contributed by atoms with E-state index in [4.69, 9.17) is 14.6 Å². The lowest BCUT2D eigenvalue weighted by molar-refractivity contribution is -0.155. The maximum Gasteiger partial charge on any atom is 0.312 e. The molecule has 0 saturated carbocycles. The van der Waals surface area contributed by atoms with Crippen LogP contribution in [0.25, 0.3) is 0 Å². The zero-order valence-corrected chi connectivity index (χ0v) is 21.9. The lowest BCUT2D eigenvalue weighted by Gasteiger charge is -2.36. The number of nitrogens with zero attached hydrogens (tertiary/aromatic N) is 2. The topological polar surface area (TPSA) is 96.4 Å². The zero-order valence-electron chi connectivity index (χ0n) is 21.9. The predicted octanol–water partition coefficient (Wildman–Crippen LogP) is 3.24. The van der Waals surface area contributed by atoms with Crippen molar-refractivity contribution in [3.63, 3.8) is 0 Å². The van der Waals surface area contributed by atoms with Crippen molar-refractivity contribution in [3.05, 3.63) is 25.3 Å². The molecule has 0 radical (unpaired) electrons. The molecule has 2 unspecified atom stereocenters. The van der Waals surface area contributed by atoms with Crippen LogP contribution in [0.3, 0.4) is 0 Å². The van der Waals surface area contributed by atoms with Crippen LogP contribution in [-0.2, 0) is 23.9 Å². The van der Waals surface area contributed by atoms with Crippen LogP contribution in [0.2, 0.25) is 0 Å². The number of hydrogen-bond donors (Lipinski definition) is 1. The van der Waals surface area contributed by atoms with E-state index < -0.39 is 35.6 Å². The first kappa shape index (κ1) is 28.4. The van der Waals surface area contributed by atoms with Crippen molar-refractivity contribution in [1.29, 1.82) is 0 Å². The molecule has 8 heteroatoms. The summed E-state index contributed by atoms with van der Waals surface area (Å²) in [4.78, 5) is 44.5.